The van der Waals surface area contributed by atoms with E-state index in [9.17, 15) is 20.2 Å². The number of aryl methyl sites for hydroxylation is 2. The van der Waals surface area contributed by atoms with Gasteiger partial charge in [0.2, 0.25) is 6.33 Å². The molecular formula is C16H11Cl2N5O4. The van der Waals surface area contributed by atoms with Crippen molar-refractivity contribution in [1.29, 1.82) is 0 Å². The monoisotopic (exact) mass is 407 g/mol. The predicted molar refractivity (Wildman–Crippen MR) is 98.9 cm³/mol. The van der Waals surface area contributed by atoms with Crippen molar-refractivity contribution in [3.63, 3.8) is 0 Å². The Labute approximate surface area is 162 Å². The summed E-state index contributed by atoms with van der Waals surface area (Å²) in [5.41, 5.74) is 0.330. The number of benzene rings is 1. The van der Waals surface area contributed by atoms with Crippen molar-refractivity contribution in [2.45, 2.75) is 13.0 Å². The van der Waals surface area contributed by atoms with E-state index in [1.165, 1.54) is 17.0 Å². The standard InChI is InChI=1S/C16H11Cl2N5O4/c17-12-7-11(14(22(24)25)8-13(12)18)15-16(23(26)27)20-9-21(15)6-4-10-3-1-2-5-19-10/h1-3,5,7-9H,4,6H2. The average molecular weight is 408 g/mol. The number of nitro groups is 2. The lowest BCUT2D eigenvalue weighted by Gasteiger charge is -2.09. The Morgan fingerprint density at radius 2 is 1.78 bits per heavy atom. The third-order valence-corrected chi connectivity index (χ3v) is 4.54. The molecule has 0 bridgehead atoms. The third kappa shape index (κ3) is 3.88. The molecule has 0 spiro atoms. The molecule has 0 unspecified atom stereocenters. The Morgan fingerprint density at radius 3 is 2.41 bits per heavy atom. The first-order valence-corrected chi connectivity index (χ1v) is 8.37. The molecule has 138 valence electrons. The molecule has 2 heterocycles. The molecule has 27 heavy (non-hydrogen) atoms. The molecule has 0 radical (unpaired) electrons. The maximum absolute atomic E-state index is 11.4. The van der Waals surface area contributed by atoms with E-state index in [-0.39, 0.29) is 27.8 Å². The van der Waals surface area contributed by atoms with Gasteiger partial charge in [0.05, 0.1) is 20.5 Å². The van der Waals surface area contributed by atoms with Gasteiger partial charge in [-0.2, -0.15) is 0 Å². The van der Waals surface area contributed by atoms with E-state index < -0.39 is 21.4 Å². The van der Waals surface area contributed by atoms with Gasteiger partial charge < -0.3 is 14.7 Å². The largest absolute Gasteiger partial charge is 0.390 e. The summed E-state index contributed by atoms with van der Waals surface area (Å²) in [5.74, 6) is -0.502. The summed E-state index contributed by atoms with van der Waals surface area (Å²) in [6, 6.07) is 7.72. The molecular weight excluding hydrogens is 397 g/mol. The van der Waals surface area contributed by atoms with Crippen molar-refractivity contribution >= 4 is 34.7 Å². The minimum atomic E-state index is -0.696. The van der Waals surface area contributed by atoms with Gasteiger partial charge in [-0.15, -0.1) is 0 Å². The summed E-state index contributed by atoms with van der Waals surface area (Å²) >= 11 is 11.9. The minimum Gasteiger partial charge on any atom is -0.358 e. The van der Waals surface area contributed by atoms with Crippen LogP contribution in [0.25, 0.3) is 11.3 Å². The number of rotatable bonds is 6. The first kappa shape index (κ1) is 18.7. The fourth-order valence-electron chi connectivity index (χ4n) is 2.61. The Bertz CT molecular complexity index is 1020. The smallest absolute Gasteiger partial charge is 0.358 e. The van der Waals surface area contributed by atoms with E-state index in [1.807, 2.05) is 12.1 Å². The molecule has 0 N–H and O–H groups in total. The quantitative estimate of drug-likeness (QED) is 0.443. The van der Waals surface area contributed by atoms with Crippen molar-refractivity contribution < 1.29 is 9.85 Å². The summed E-state index contributed by atoms with van der Waals surface area (Å²) < 4.78 is 1.47. The lowest BCUT2D eigenvalue weighted by molar-refractivity contribution is -0.389. The second kappa shape index (κ2) is 7.68. The number of hydrogen-bond donors (Lipinski definition) is 0. The Kier molecular flexibility index (Phi) is 5.33. The van der Waals surface area contributed by atoms with Crippen LogP contribution in [0, 0.1) is 20.2 Å². The van der Waals surface area contributed by atoms with Crippen LogP contribution in [0.2, 0.25) is 10.0 Å². The lowest BCUT2D eigenvalue weighted by Crippen LogP contribution is -2.05. The zero-order valence-corrected chi connectivity index (χ0v) is 15.1. The molecule has 0 amide bonds. The maximum atomic E-state index is 11.4. The normalized spacial score (nSPS) is 10.7. The van der Waals surface area contributed by atoms with E-state index in [4.69, 9.17) is 23.2 Å². The molecule has 0 aliphatic carbocycles. The van der Waals surface area contributed by atoms with E-state index in [0.717, 1.165) is 11.8 Å². The highest BCUT2D eigenvalue weighted by Crippen LogP contribution is 2.40. The SMILES string of the molecule is O=[N+]([O-])c1cc(Cl)c(Cl)cc1-c1c([N+](=O)[O-])ncn1CCc1ccccn1. The molecule has 0 atom stereocenters. The van der Waals surface area contributed by atoms with Gasteiger partial charge in [-0.25, -0.2) is 0 Å². The number of pyridine rings is 1. The summed E-state index contributed by atoms with van der Waals surface area (Å²) in [6.07, 6.45) is 3.36. The highest BCUT2D eigenvalue weighted by Gasteiger charge is 2.30. The highest BCUT2D eigenvalue weighted by molar-refractivity contribution is 6.42. The maximum Gasteiger partial charge on any atom is 0.390 e. The van der Waals surface area contributed by atoms with Gasteiger partial charge in [0.1, 0.15) is 0 Å². The molecule has 3 aromatic rings. The second-order valence-corrected chi connectivity index (χ2v) is 6.29. The summed E-state index contributed by atoms with van der Waals surface area (Å²) in [4.78, 5) is 29.5. The molecule has 9 nitrogen and oxygen atoms in total. The van der Waals surface area contributed by atoms with Crippen LogP contribution in [0.3, 0.4) is 0 Å². The average Bonchev–Trinajstić information content (AvgIpc) is 3.06. The van der Waals surface area contributed by atoms with E-state index in [0.29, 0.717) is 6.42 Å². The number of nitrogens with zero attached hydrogens (tertiary/aromatic N) is 5. The van der Waals surface area contributed by atoms with Crippen LogP contribution in [0.4, 0.5) is 11.5 Å². The van der Waals surface area contributed by atoms with Crippen LogP contribution in [-0.2, 0) is 13.0 Å². The fourth-order valence-corrected chi connectivity index (χ4v) is 2.93. The van der Waals surface area contributed by atoms with Crippen LogP contribution in [-0.4, -0.2) is 24.4 Å². The van der Waals surface area contributed by atoms with Crippen molar-refractivity contribution in [2.24, 2.45) is 0 Å². The zero-order valence-electron chi connectivity index (χ0n) is 13.6. The van der Waals surface area contributed by atoms with Crippen molar-refractivity contribution in [3.8, 4) is 11.3 Å². The molecule has 1 aromatic carbocycles. The second-order valence-electron chi connectivity index (χ2n) is 5.48. The molecule has 0 saturated heterocycles. The molecule has 3 rings (SSSR count). The molecule has 2 aromatic heterocycles. The summed E-state index contributed by atoms with van der Waals surface area (Å²) in [6.45, 7) is 0.282. The predicted octanol–water partition coefficient (Wildman–Crippen LogP) is 4.31. The Hall–Kier alpha value is -3.04. The van der Waals surface area contributed by atoms with Crippen LogP contribution < -0.4 is 0 Å². The van der Waals surface area contributed by atoms with Gasteiger partial charge in [-0.3, -0.25) is 15.1 Å². The highest BCUT2D eigenvalue weighted by atomic mass is 35.5. The fraction of sp³-hybridized carbons (Fsp3) is 0.125. The van der Waals surface area contributed by atoms with Gasteiger partial charge in [-0.1, -0.05) is 29.3 Å². The zero-order chi connectivity index (χ0) is 19.6. The minimum absolute atomic E-state index is 0.0128. The van der Waals surface area contributed by atoms with Crippen LogP contribution in [0.15, 0.2) is 42.9 Å². The first-order chi connectivity index (χ1) is 12.9. The number of halogens is 2. The third-order valence-electron chi connectivity index (χ3n) is 3.82. The van der Waals surface area contributed by atoms with Gasteiger partial charge in [0.25, 0.3) is 5.69 Å². The van der Waals surface area contributed by atoms with Gasteiger partial charge in [-0.05, 0) is 28.1 Å². The van der Waals surface area contributed by atoms with Crippen LogP contribution >= 0.6 is 23.2 Å². The Balaban J connectivity index is 2.11. The summed E-state index contributed by atoms with van der Waals surface area (Å²) in [7, 11) is 0. The number of nitro benzene ring substituents is 1. The van der Waals surface area contributed by atoms with Gasteiger partial charge in [0.15, 0.2) is 5.69 Å². The topological polar surface area (TPSA) is 117 Å². The molecule has 0 aliphatic heterocycles. The Morgan fingerprint density at radius 1 is 1.04 bits per heavy atom. The van der Waals surface area contributed by atoms with E-state index >= 15 is 0 Å². The number of imidazole rings is 1. The molecule has 11 heteroatoms. The molecule has 0 aliphatic rings. The van der Waals surface area contributed by atoms with Crippen molar-refractivity contribution in [3.05, 3.63) is 78.8 Å². The first-order valence-electron chi connectivity index (χ1n) is 7.61. The van der Waals surface area contributed by atoms with Crippen molar-refractivity contribution in [2.75, 3.05) is 0 Å². The van der Waals surface area contributed by atoms with E-state index in [1.54, 1.807) is 12.3 Å². The van der Waals surface area contributed by atoms with Crippen LogP contribution in [0.1, 0.15) is 5.69 Å². The van der Waals surface area contributed by atoms with Crippen LogP contribution in [0.5, 0.6) is 0 Å². The number of hydrogen-bond acceptors (Lipinski definition) is 6. The molecule has 0 fully saturated rings. The van der Waals surface area contributed by atoms with E-state index in [2.05, 4.69) is 9.97 Å². The van der Waals surface area contributed by atoms with Gasteiger partial charge >= 0.3 is 5.82 Å². The van der Waals surface area contributed by atoms with Gasteiger partial charge in [0, 0.05) is 30.9 Å². The van der Waals surface area contributed by atoms with Crippen molar-refractivity contribution in [1.82, 2.24) is 14.5 Å². The number of aromatic nitrogens is 3. The lowest BCUT2D eigenvalue weighted by atomic mass is 10.1. The molecule has 0 saturated carbocycles. The summed E-state index contributed by atoms with van der Waals surface area (Å²) in [5, 5.41) is 22.9.